The van der Waals surface area contributed by atoms with Crippen molar-refractivity contribution in [2.45, 2.75) is 52.5 Å². The van der Waals surface area contributed by atoms with Gasteiger partial charge in [0.2, 0.25) is 0 Å². The maximum absolute atomic E-state index is 11.2. The lowest BCUT2D eigenvalue weighted by molar-refractivity contribution is 0.161. The summed E-state index contributed by atoms with van der Waals surface area (Å²) in [5.41, 5.74) is 6.05. The second-order valence-corrected chi connectivity index (χ2v) is 8.06. The summed E-state index contributed by atoms with van der Waals surface area (Å²) in [6.07, 6.45) is 0.998. The number of rotatable bonds is 3. The molecule has 3 heteroatoms. The summed E-state index contributed by atoms with van der Waals surface area (Å²) in [6, 6.07) is 15.0. The Morgan fingerprint density at radius 1 is 1.16 bits per heavy atom. The summed E-state index contributed by atoms with van der Waals surface area (Å²) >= 11 is 0. The monoisotopic (exact) mass is 337 g/mol. The Kier molecular flexibility index (Phi) is 4.59. The molecule has 25 heavy (non-hydrogen) atoms. The molecule has 1 amide bonds. The molecule has 0 aromatic heterocycles. The highest BCUT2D eigenvalue weighted by atomic mass is 16.4. The Bertz CT molecular complexity index is 792. The van der Waals surface area contributed by atoms with Crippen molar-refractivity contribution < 1.29 is 9.90 Å². The molecule has 0 aliphatic heterocycles. The number of hydrogen-bond donors (Lipinski definition) is 2. The molecule has 1 atom stereocenters. The second-order valence-electron chi connectivity index (χ2n) is 8.06. The number of carbonyl (C=O) groups is 1. The van der Waals surface area contributed by atoms with E-state index in [4.69, 9.17) is 0 Å². The molecule has 0 heterocycles. The molecular formula is C22H27NO2. The van der Waals surface area contributed by atoms with Gasteiger partial charge in [0.15, 0.2) is 0 Å². The summed E-state index contributed by atoms with van der Waals surface area (Å²) in [5.74, 6) is 0.502. The predicted molar refractivity (Wildman–Crippen MR) is 102 cm³/mol. The molecule has 0 radical (unpaired) electrons. The third-order valence-corrected chi connectivity index (χ3v) is 5.43. The van der Waals surface area contributed by atoms with Crippen molar-refractivity contribution in [3.8, 4) is 11.1 Å². The molecule has 132 valence electrons. The summed E-state index contributed by atoms with van der Waals surface area (Å²) < 4.78 is 0. The van der Waals surface area contributed by atoms with Crippen molar-refractivity contribution in [3.63, 3.8) is 0 Å². The van der Waals surface area contributed by atoms with Gasteiger partial charge in [0.05, 0.1) is 6.04 Å². The minimum Gasteiger partial charge on any atom is -0.465 e. The van der Waals surface area contributed by atoms with Crippen LogP contribution in [0.1, 0.15) is 62.8 Å². The van der Waals surface area contributed by atoms with Crippen LogP contribution in [0.3, 0.4) is 0 Å². The van der Waals surface area contributed by atoms with Crippen molar-refractivity contribution in [1.82, 2.24) is 5.32 Å². The lowest BCUT2D eigenvalue weighted by Gasteiger charge is -2.40. The summed E-state index contributed by atoms with van der Waals surface area (Å²) in [7, 11) is 0. The first-order valence-corrected chi connectivity index (χ1v) is 9.00. The quantitative estimate of drug-likeness (QED) is 0.748. The Morgan fingerprint density at radius 3 is 2.56 bits per heavy atom. The maximum Gasteiger partial charge on any atom is 0.405 e. The van der Waals surface area contributed by atoms with E-state index in [2.05, 4.69) is 75.5 Å². The van der Waals surface area contributed by atoms with Crippen LogP contribution in [0.4, 0.5) is 4.79 Å². The van der Waals surface area contributed by atoms with Gasteiger partial charge in [0, 0.05) is 0 Å². The maximum atomic E-state index is 11.2. The second kappa shape index (κ2) is 6.55. The van der Waals surface area contributed by atoms with Gasteiger partial charge in [-0.3, -0.25) is 0 Å². The molecule has 0 fully saturated rings. The van der Waals surface area contributed by atoms with Gasteiger partial charge in [-0.25, -0.2) is 4.79 Å². The van der Waals surface area contributed by atoms with Crippen molar-refractivity contribution in [3.05, 3.63) is 59.2 Å². The summed E-state index contributed by atoms with van der Waals surface area (Å²) in [6.45, 7) is 8.68. The van der Waals surface area contributed by atoms with Gasteiger partial charge in [-0.1, -0.05) is 70.2 Å². The molecule has 2 aromatic rings. The topological polar surface area (TPSA) is 49.3 Å². The van der Waals surface area contributed by atoms with E-state index in [-0.39, 0.29) is 11.5 Å². The minimum atomic E-state index is -0.959. The minimum absolute atomic E-state index is 0.0789. The molecule has 2 aromatic carbocycles. The average molecular weight is 337 g/mol. The number of nitrogens with one attached hydrogen (secondary N) is 1. The summed E-state index contributed by atoms with van der Waals surface area (Å²) in [4.78, 5) is 11.2. The third-order valence-electron chi connectivity index (χ3n) is 5.43. The molecule has 3 nitrogen and oxygen atoms in total. The van der Waals surface area contributed by atoms with Gasteiger partial charge in [-0.05, 0) is 52.0 Å². The van der Waals surface area contributed by atoms with Gasteiger partial charge in [-0.2, -0.15) is 0 Å². The SMILES string of the molecule is CC(C)c1cccc(-c2ccc3c(c2)CCC(C)(C)C3NC(=O)O)c1. The molecule has 2 N–H and O–H groups in total. The molecule has 1 aliphatic carbocycles. The van der Waals surface area contributed by atoms with Crippen LogP contribution >= 0.6 is 0 Å². The highest BCUT2D eigenvalue weighted by molar-refractivity contribution is 5.68. The van der Waals surface area contributed by atoms with Crippen LogP contribution in [0.25, 0.3) is 11.1 Å². The van der Waals surface area contributed by atoms with Gasteiger partial charge in [0.25, 0.3) is 0 Å². The Labute approximate surface area is 150 Å². The van der Waals surface area contributed by atoms with Crippen molar-refractivity contribution in [2.75, 3.05) is 0 Å². The van der Waals surface area contributed by atoms with E-state index in [1.165, 1.54) is 22.3 Å². The number of amides is 1. The third kappa shape index (κ3) is 3.55. The lowest BCUT2D eigenvalue weighted by atomic mass is 9.70. The van der Waals surface area contributed by atoms with Crippen LogP contribution in [0.2, 0.25) is 0 Å². The van der Waals surface area contributed by atoms with Crippen molar-refractivity contribution in [2.24, 2.45) is 5.41 Å². The molecular weight excluding hydrogens is 310 g/mol. The van der Waals surface area contributed by atoms with Crippen LogP contribution < -0.4 is 5.32 Å². The van der Waals surface area contributed by atoms with Gasteiger partial charge in [-0.15, -0.1) is 0 Å². The van der Waals surface area contributed by atoms with E-state index >= 15 is 0 Å². The molecule has 1 aliphatic rings. The van der Waals surface area contributed by atoms with Crippen molar-refractivity contribution in [1.29, 1.82) is 0 Å². The first kappa shape index (κ1) is 17.5. The fourth-order valence-corrected chi connectivity index (χ4v) is 3.78. The molecule has 0 spiro atoms. The van der Waals surface area contributed by atoms with E-state index in [1.54, 1.807) is 0 Å². The zero-order chi connectivity index (χ0) is 18.2. The number of aryl methyl sites for hydroxylation is 1. The normalized spacial score (nSPS) is 18.7. The van der Waals surface area contributed by atoms with E-state index in [1.807, 2.05) is 0 Å². The number of carboxylic acid groups (broad SMARTS) is 1. The van der Waals surface area contributed by atoms with Crippen LogP contribution in [-0.2, 0) is 6.42 Å². The van der Waals surface area contributed by atoms with E-state index in [0.29, 0.717) is 5.92 Å². The largest absolute Gasteiger partial charge is 0.465 e. The highest BCUT2D eigenvalue weighted by Crippen LogP contribution is 2.44. The Hall–Kier alpha value is -2.29. The smallest absolute Gasteiger partial charge is 0.405 e. The van der Waals surface area contributed by atoms with E-state index in [9.17, 15) is 9.90 Å². The fraction of sp³-hybridized carbons (Fsp3) is 0.409. The van der Waals surface area contributed by atoms with Gasteiger partial charge in [0.1, 0.15) is 0 Å². The van der Waals surface area contributed by atoms with Crippen LogP contribution in [0, 0.1) is 5.41 Å². The molecule has 3 rings (SSSR count). The first-order chi connectivity index (χ1) is 11.8. The molecule has 0 saturated heterocycles. The van der Waals surface area contributed by atoms with Crippen LogP contribution in [0.5, 0.6) is 0 Å². The average Bonchev–Trinajstić information content (AvgIpc) is 2.57. The summed E-state index contributed by atoms with van der Waals surface area (Å²) in [5, 5.41) is 12.0. The Morgan fingerprint density at radius 2 is 1.88 bits per heavy atom. The molecule has 0 saturated carbocycles. The number of fused-ring (bicyclic) bond motifs is 1. The van der Waals surface area contributed by atoms with Gasteiger partial charge >= 0.3 is 6.09 Å². The van der Waals surface area contributed by atoms with E-state index < -0.39 is 6.09 Å². The standard InChI is InChI=1S/C22H27NO2/c1-14(2)15-6-5-7-16(12-15)17-8-9-19-18(13-17)10-11-22(3,4)20(19)23-21(24)25/h5-9,12-14,20,23H,10-11H2,1-4H3,(H,24,25). The van der Waals surface area contributed by atoms with Crippen molar-refractivity contribution >= 4 is 6.09 Å². The molecule has 0 bridgehead atoms. The highest BCUT2D eigenvalue weighted by Gasteiger charge is 2.37. The zero-order valence-electron chi connectivity index (χ0n) is 15.5. The zero-order valence-corrected chi connectivity index (χ0v) is 15.5. The predicted octanol–water partition coefficient (Wildman–Crippen LogP) is 5.76. The van der Waals surface area contributed by atoms with E-state index in [0.717, 1.165) is 18.4 Å². The Balaban J connectivity index is 2.00. The van der Waals surface area contributed by atoms with Crippen LogP contribution in [-0.4, -0.2) is 11.2 Å². The molecule has 1 unspecified atom stereocenters. The first-order valence-electron chi connectivity index (χ1n) is 9.00. The lowest BCUT2D eigenvalue weighted by Crippen LogP contribution is -2.40. The number of hydrogen-bond acceptors (Lipinski definition) is 1. The van der Waals surface area contributed by atoms with Gasteiger partial charge < -0.3 is 10.4 Å². The van der Waals surface area contributed by atoms with Crippen LogP contribution in [0.15, 0.2) is 42.5 Å². The number of benzene rings is 2. The fourth-order valence-electron chi connectivity index (χ4n) is 3.78.